The van der Waals surface area contributed by atoms with Crippen molar-refractivity contribution in [1.29, 1.82) is 0 Å². The molecule has 1 aliphatic rings. The van der Waals surface area contributed by atoms with Crippen LogP contribution in [0.5, 0.6) is 0 Å². The predicted octanol–water partition coefficient (Wildman–Crippen LogP) is 3.76. The molecule has 4 heteroatoms. The van der Waals surface area contributed by atoms with Crippen molar-refractivity contribution in [3.05, 3.63) is 16.3 Å². The van der Waals surface area contributed by atoms with Crippen LogP contribution < -0.4 is 10.6 Å². The van der Waals surface area contributed by atoms with Gasteiger partial charge in [-0.25, -0.2) is 0 Å². The number of hydrogen-bond acceptors (Lipinski definition) is 3. The maximum absolute atomic E-state index is 11.1. The van der Waals surface area contributed by atoms with Gasteiger partial charge in [-0.3, -0.25) is 4.79 Å². The number of nitrogens with one attached hydrogen (secondary N) is 2. The summed E-state index contributed by atoms with van der Waals surface area (Å²) < 4.78 is 0. The summed E-state index contributed by atoms with van der Waals surface area (Å²) in [5.41, 5.74) is 0.967. The fourth-order valence-electron chi connectivity index (χ4n) is 2.97. The molecule has 2 unspecified atom stereocenters. The maximum atomic E-state index is 11.1. The summed E-state index contributed by atoms with van der Waals surface area (Å²) in [5.74, 6) is 0.821. The molecule has 2 atom stereocenters. The first-order chi connectivity index (χ1) is 9.20. The molecule has 1 saturated carbocycles. The summed E-state index contributed by atoms with van der Waals surface area (Å²) in [5, 5.41) is 8.64. The summed E-state index contributed by atoms with van der Waals surface area (Å²) in [6.07, 6.45) is 6.64. The molecule has 1 aromatic heterocycles. The Balaban J connectivity index is 1.90. The van der Waals surface area contributed by atoms with Crippen molar-refractivity contribution in [2.24, 2.45) is 5.92 Å². The van der Waals surface area contributed by atoms with Crippen molar-refractivity contribution < 1.29 is 4.79 Å². The summed E-state index contributed by atoms with van der Waals surface area (Å²) in [6.45, 7) is 4.72. The van der Waals surface area contributed by atoms with E-state index in [4.69, 9.17) is 0 Å². The van der Waals surface area contributed by atoms with Gasteiger partial charge in [0.15, 0.2) is 0 Å². The van der Waals surface area contributed by atoms with Gasteiger partial charge in [0.05, 0.1) is 5.69 Å². The molecule has 0 aliphatic heterocycles. The van der Waals surface area contributed by atoms with Gasteiger partial charge in [0, 0.05) is 24.4 Å². The second kappa shape index (κ2) is 7.06. The third kappa shape index (κ3) is 4.05. The number of rotatable bonds is 5. The van der Waals surface area contributed by atoms with Crippen LogP contribution in [0.3, 0.4) is 0 Å². The molecule has 3 nitrogen and oxygen atoms in total. The van der Waals surface area contributed by atoms with E-state index >= 15 is 0 Å². The van der Waals surface area contributed by atoms with Crippen LogP contribution in [-0.2, 0) is 11.3 Å². The molecule has 2 rings (SSSR count). The van der Waals surface area contributed by atoms with Crippen LogP contribution in [0.4, 0.5) is 5.69 Å². The van der Waals surface area contributed by atoms with Crippen molar-refractivity contribution >= 4 is 22.9 Å². The fourth-order valence-corrected chi connectivity index (χ4v) is 3.75. The molecule has 1 aliphatic carbocycles. The first kappa shape index (κ1) is 14.5. The highest BCUT2D eigenvalue weighted by Crippen LogP contribution is 2.28. The molecule has 0 radical (unpaired) electrons. The molecule has 0 bridgehead atoms. The highest BCUT2D eigenvalue weighted by atomic mass is 32.1. The zero-order chi connectivity index (χ0) is 13.7. The Bertz CT molecular complexity index is 416. The number of amides is 1. The first-order valence-corrected chi connectivity index (χ1v) is 8.16. The quantitative estimate of drug-likeness (QED) is 0.862. The molecule has 1 fully saturated rings. The standard InChI is InChI=1S/C15H24N2OS/c1-3-12-6-4-5-7-13(12)16-10-15-14(8-9-19-15)17-11(2)18/h8-9,12-13,16H,3-7,10H2,1-2H3,(H,17,18). The predicted molar refractivity (Wildman–Crippen MR) is 81.5 cm³/mol. The second-order valence-corrected chi connectivity index (χ2v) is 6.38. The zero-order valence-electron chi connectivity index (χ0n) is 11.9. The van der Waals surface area contributed by atoms with Crippen molar-refractivity contribution in [3.8, 4) is 0 Å². The normalized spacial score (nSPS) is 23.3. The van der Waals surface area contributed by atoms with E-state index in [-0.39, 0.29) is 5.91 Å². The van der Waals surface area contributed by atoms with Gasteiger partial charge >= 0.3 is 0 Å². The number of hydrogen-bond donors (Lipinski definition) is 2. The highest BCUT2D eigenvalue weighted by molar-refractivity contribution is 7.10. The molecule has 2 N–H and O–H groups in total. The Morgan fingerprint density at radius 1 is 1.42 bits per heavy atom. The molecule has 1 aromatic rings. The Morgan fingerprint density at radius 3 is 2.95 bits per heavy atom. The molecule has 106 valence electrons. The van der Waals surface area contributed by atoms with E-state index in [0.29, 0.717) is 6.04 Å². The van der Waals surface area contributed by atoms with Crippen LogP contribution in [0.25, 0.3) is 0 Å². The molecular formula is C15H24N2OS. The van der Waals surface area contributed by atoms with Crippen LogP contribution in [0.2, 0.25) is 0 Å². The van der Waals surface area contributed by atoms with E-state index in [2.05, 4.69) is 17.6 Å². The molecule has 1 heterocycles. The molecular weight excluding hydrogens is 256 g/mol. The van der Waals surface area contributed by atoms with E-state index in [1.54, 1.807) is 18.3 Å². The molecule has 19 heavy (non-hydrogen) atoms. The van der Waals surface area contributed by atoms with Crippen LogP contribution in [0.15, 0.2) is 11.4 Å². The van der Waals surface area contributed by atoms with E-state index < -0.39 is 0 Å². The molecule has 0 saturated heterocycles. The van der Waals surface area contributed by atoms with Crippen molar-refractivity contribution in [3.63, 3.8) is 0 Å². The number of carbonyl (C=O) groups is 1. The topological polar surface area (TPSA) is 41.1 Å². The van der Waals surface area contributed by atoms with Crippen molar-refractivity contribution in [1.82, 2.24) is 5.32 Å². The van der Waals surface area contributed by atoms with Crippen molar-refractivity contribution in [2.75, 3.05) is 5.32 Å². The van der Waals surface area contributed by atoms with Crippen LogP contribution in [-0.4, -0.2) is 11.9 Å². The zero-order valence-corrected chi connectivity index (χ0v) is 12.7. The Kier molecular flexibility index (Phi) is 5.40. The lowest BCUT2D eigenvalue weighted by Crippen LogP contribution is -2.37. The average molecular weight is 280 g/mol. The van der Waals surface area contributed by atoms with Gasteiger partial charge in [-0.2, -0.15) is 0 Å². The maximum Gasteiger partial charge on any atom is 0.221 e. The van der Waals surface area contributed by atoms with Gasteiger partial charge < -0.3 is 10.6 Å². The van der Waals surface area contributed by atoms with Gasteiger partial charge in [-0.15, -0.1) is 11.3 Å². The summed E-state index contributed by atoms with van der Waals surface area (Å²) in [6, 6.07) is 2.63. The summed E-state index contributed by atoms with van der Waals surface area (Å²) in [4.78, 5) is 12.4. The van der Waals surface area contributed by atoms with Gasteiger partial charge in [0.1, 0.15) is 0 Å². The fraction of sp³-hybridized carbons (Fsp3) is 0.667. The Labute approximate surface area is 119 Å². The third-order valence-electron chi connectivity index (χ3n) is 4.01. The SMILES string of the molecule is CCC1CCCCC1NCc1sccc1NC(C)=O. The molecule has 0 aromatic carbocycles. The third-order valence-corrected chi connectivity index (χ3v) is 4.94. The van der Waals surface area contributed by atoms with Gasteiger partial charge in [0.2, 0.25) is 5.91 Å². The largest absolute Gasteiger partial charge is 0.325 e. The minimum atomic E-state index is 0.00347. The van der Waals surface area contributed by atoms with Gasteiger partial charge in [0.25, 0.3) is 0 Å². The first-order valence-electron chi connectivity index (χ1n) is 7.28. The van der Waals surface area contributed by atoms with Crippen LogP contribution in [0.1, 0.15) is 50.8 Å². The van der Waals surface area contributed by atoms with Crippen LogP contribution >= 0.6 is 11.3 Å². The van der Waals surface area contributed by atoms with E-state index in [1.165, 1.54) is 37.0 Å². The van der Waals surface area contributed by atoms with Crippen molar-refractivity contribution in [2.45, 2.75) is 58.5 Å². The lowest BCUT2D eigenvalue weighted by molar-refractivity contribution is -0.114. The number of thiophene rings is 1. The second-order valence-electron chi connectivity index (χ2n) is 5.38. The lowest BCUT2D eigenvalue weighted by Gasteiger charge is -2.31. The Hall–Kier alpha value is -0.870. The van der Waals surface area contributed by atoms with E-state index in [0.717, 1.165) is 18.2 Å². The molecule has 0 spiro atoms. The van der Waals surface area contributed by atoms with E-state index in [9.17, 15) is 4.79 Å². The minimum absolute atomic E-state index is 0.00347. The number of carbonyl (C=O) groups excluding carboxylic acids is 1. The minimum Gasteiger partial charge on any atom is -0.325 e. The summed E-state index contributed by atoms with van der Waals surface area (Å²) >= 11 is 1.71. The Morgan fingerprint density at radius 2 is 2.21 bits per heavy atom. The van der Waals surface area contributed by atoms with Gasteiger partial charge in [-0.05, 0) is 30.2 Å². The van der Waals surface area contributed by atoms with Gasteiger partial charge in [-0.1, -0.05) is 26.2 Å². The van der Waals surface area contributed by atoms with Crippen LogP contribution in [0, 0.1) is 5.92 Å². The highest BCUT2D eigenvalue weighted by Gasteiger charge is 2.23. The smallest absolute Gasteiger partial charge is 0.221 e. The summed E-state index contributed by atoms with van der Waals surface area (Å²) in [7, 11) is 0. The lowest BCUT2D eigenvalue weighted by atomic mass is 9.83. The number of anilines is 1. The monoisotopic (exact) mass is 280 g/mol. The molecule has 1 amide bonds. The average Bonchev–Trinajstić information content (AvgIpc) is 2.83. The van der Waals surface area contributed by atoms with E-state index in [1.807, 2.05) is 11.4 Å².